The fourth-order valence-electron chi connectivity index (χ4n) is 3.90. The van der Waals surface area contributed by atoms with Gasteiger partial charge in [-0.1, -0.05) is 30.3 Å². The van der Waals surface area contributed by atoms with Crippen molar-refractivity contribution >= 4 is 11.9 Å². The molecule has 2 aromatic rings. The molecule has 0 unspecified atom stereocenters. The maximum atomic E-state index is 13.0. The average Bonchev–Trinajstić information content (AvgIpc) is 2.86. The van der Waals surface area contributed by atoms with Gasteiger partial charge in [0.25, 0.3) is 5.91 Å². The summed E-state index contributed by atoms with van der Waals surface area (Å²) in [6.45, 7) is 2.22. The van der Waals surface area contributed by atoms with Gasteiger partial charge in [-0.3, -0.25) is 14.7 Å². The Kier molecular flexibility index (Phi) is 3.79. The van der Waals surface area contributed by atoms with Crippen LogP contribution in [0.2, 0.25) is 0 Å². The number of hydrogen-bond donors (Lipinski definition) is 1. The summed E-state index contributed by atoms with van der Waals surface area (Å²) in [6, 6.07) is 11.7. The van der Waals surface area contributed by atoms with Crippen LogP contribution in [0.4, 0.5) is 4.79 Å². The number of fused-ring (bicyclic) bond motifs is 1. The summed E-state index contributed by atoms with van der Waals surface area (Å²) in [7, 11) is 0. The Balaban J connectivity index is 1.52. The van der Waals surface area contributed by atoms with Crippen molar-refractivity contribution in [1.82, 2.24) is 15.2 Å². The van der Waals surface area contributed by atoms with Crippen LogP contribution >= 0.6 is 0 Å². The van der Waals surface area contributed by atoms with E-state index < -0.39 is 5.54 Å². The van der Waals surface area contributed by atoms with Gasteiger partial charge >= 0.3 is 6.03 Å². The molecular formula is C20H21N3O2. The first kappa shape index (κ1) is 15.8. The molecule has 25 heavy (non-hydrogen) atoms. The maximum Gasteiger partial charge on any atom is 0.325 e. The van der Waals surface area contributed by atoms with Crippen LogP contribution in [0, 0.1) is 5.92 Å². The molecule has 4 rings (SSSR count). The fraction of sp³-hybridized carbons (Fsp3) is 0.350. The molecule has 1 N–H and O–H groups in total. The van der Waals surface area contributed by atoms with Crippen LogP contribution in [0.5, 0.6) is 0 Å². The highest BCUT2D eigenvalue weighted by molar-refractivity contribution is 6.07. The van der Waals surface area contributed by atoms with Crippen LogP contribution in [0.1, 0.15) is 30.0 Å². The summed E-state index contributed by atoms with van der Waals surface area (Å²) in [5, 5.41) is 2.85. The van der Waals surface area contributed by atoms with Crippen molar-refractivity contribution in [2.75, 3.05) is 6.54 Å². The Morgan fingerprint density at radius 2 is 2.00 bits per heavy atom. The van der Waals surface area contributed by atoms with Crippen molar-refractivity contribution in [3.8, 4) is 0 Å². The van der Waals surface area contributed by atoms with Gasteiger partial charge in [-0.2, -0.15) is 0 Å². The van der Waals surface area contributed by atoms with E-state index in [1.807, 2.05) is 6.07 Å². The lowest BCUT2D eigenvalue weighted by Gasteiger charge is -2.28. The number of imide groups is 1. The Labute approximate surface area is 147 Å². The van der Waals surface area contributed by atoms with Crippen molar-refractivity contribution in [2.24, 2.45) is 5.92 Å². The largest absolute Gasteiger partial charge is 0.325 e. The zero-order valence-electron chi connectivity index (χ0n) is 14.2. The third kappa shape index (κ3) is 2.69. The maximum absolute atomic E-state index is 13.0. The molecule has 2 aliphatic rings. The molecular weight excluding hydrogens is 314 g/mol. The molecule has 0 spiro atoms. The van der Waals surface area contributed by atoms with Gasteiger partial charge in [0.05, 0.1) is 0 Å². The summed E-state index contributed by atoms with van der Waals surface area (Å²) in [4.78, 5) is 30.9. The number of nitrogens with one attached hydrogen (secondary N) is 1. The highest BCUT2D eigenvalue weighted by atomic mass is 16.2. The third-order valence-electron chi connectivity index (χ3n) is 5.40. The quantitative estimate of drug-likeness (QED) is 0.877. The number of aromatic nitrogens is 1. The van der Waals surface area contributed by atoms with Gasteiger partial charge in [0, 0.05) is 24.5 Å². The van der Waals surface area contributed by atoms with Gasteiger partial charge in [-0.05, 0) is 49.3 Å². The van der Waals surface area contributed by atoms with Crippen LogP contribution in [0.3, 0.4) is 0 Å². The highest BCUT2D eigenvalue weighted by Gasteiger charge is 2.49. The Morgan fingerprint density at radius 1 is 1.20 bits per heavy atom. The van der Waals surface area contributed by atoms with Gasteiger partial charge in [-0.25, -0.2) is 4.79 Å². The SMILES string of the molecule is C[C@@]1(c2cccnc2)NC(=O)N(C[C@@H]2CCc3ccccc3C2)C1=O. The Hall–Kier alpha value is -2.69. The molecule has 1 aromatic carbocycles. The topological polar surface area (TPSA) is 62.3 Å². The van der Waals surface area contributed by atoms with Crippen molar-refractivity contribution in [3.05, 3.63) is 65.5 Å². The number of pyridine rings is 1. The second-order valence-corrected chi connectivity index (χ2v) is 7.09. The second kappa shape index (κ2) is 5.99. The van der Waals surface area contributed by atoms with Crippen LogP contribution < -0.4 is 5.32 Å². The zero-order valence-corrected chi connectivity index (χ0v) is 14.2. The number of benzene rings is 1. The number of hydrogen-bond acceptors (Lipinski definition) is 3. The molecule has 3 amide bonds. The molecule has 2 atom stereocenters. The Bertz CT molecular complexity index is 821. The molecule has 5 heteroatoms. The van der Waals surface area contributed by atoms with Gasteiger partial charge in [-0.15, -0.1) is 0 Å². The minimum Gasteiger partial charge on any atom is -0.319 e. The molecule has 0 saturated carbocycles. The summed E-state index contributed by atoms with van der Waals surface area (Å²) < 4.78 is 0. The van der Waals surface area contributed by atoms with Crippen LogP contribution in [-0.4, -0.2) is 28.4 Å². The zero-order chi connectivity index (χ0) is 17.4. The van der Waals surface area contributed by atoms with Gasteiger partial charge in [0.15, 0.2) is 0 Å². The molecule has 1 fully saturated rings. The average molecular weight is 335 g/mol. The lowest BCUT2D eigenvalue weighted by Crippen LogP contribution is -2.41. The fourth-order valence-corrected chi connectivity index (χ4v) is 3.90. The van der Waals surface area contributed by atoms with E-state index in [0.29, 0.717) is 18.0 Å². The molecule has 1 aliphatic heterocycles. The van der Waals surface area contributed by atoms with E-state index in [-0.39, 0.29) is 11.9 Å². The molecule has 1 aromatic heterocycles. The second-order valence-electron chi connectivity index (χ2n) is 7.09. The first-order valence-electron chi connectivity index (χ1n) is 8.69. The van der Waals surface area contributed by atoms with Crippen LogP contribution in [0.15, 0.2) is 48.8 Å². The van der Waals surface area contributed by atoms with E-state index in [1.165, 1.54) is 16.0 Å². The van der Waals surface area contributed by atoms with Gasteiger partial charge < -0.3 is 5.32 Å². The van der Waals surface area contributed by atoms with Gasteiger partial charge in [0.1, 0.15) is 5.54 Å². The standard InChI is InChI=1S/C20H21N3O2/c1-20(17-7-4-10-21-12-17)18(24)23(19(25)22-20)13-14-8-9-15-5-2-3-6-16(15)11-14/h2-7,10,12,14H,8-9,11,13H2,1H3,(H,22,25)/t14-,20+/m1/s1. The van der Waals surface area contributed by atoms with Crippen LogP contribution in [-0.2, 0) is 23.2 Å². The number of amides is 3. The highest BCUT2D eigenvalue weighted by Crippen LogP contribution is 2.31. The Morgan fingerprint density at radius 3 is 2.76 bits per heavy atom. The molecule has 128 valence electrons. The summed E-state index contributed by atoms with van der Waals surface area (Å²) in [6.07, 6.45) is 6.21. The number of carbonyl (C=O) groups excluding carboxylic acids is 2. The van der Waals surface area contributed by atoms with E-state index in [4.69, 9.17) is 0 Å². The summed E-state index contributed by atoms with van der Waals surface area (Å²) in [5.41, 5.74) is 2.40. The summed E-state index contributed by atoms with van der Waals surface area (Å²) >= 11 is 0. The lowest BCUT2D eigenvalue weighted by molar-refractivity contribution is -0.131. The number of urea groups is 1. The lowest BCUT2D eigenvalue weighted by atomic mass is 9.83. The predicted octanol–water partition coefficient (Wildman–Crippen LogP) is 2.65. The van der Waals surface area contributed by atoms with Crippen LogP contribution in [0.25, 0.3) is 0 Å². The van der Waals surface area contributed by atoms with E-state index in [1.54, 1.807) is 25.4 Å². The molecule has 5 nitrogen and oxygen atoms in total. The summed E-state index contributed by atoms with van der Waals surface area (Å²) in [5.74, 6) is 0.116. The smallest absolute Gasteiger partial charge is 0.319 e. The van der Waals surface area contributed by atoms with E-state index in [9.17, 15) is 9.59 Å². The number of rotatable bonds is 3. The monoisotopic (exact) mass is 335 g/mol. The normalized spacial score (nSPS) is 25.6. The van der Waals surface area contributed by atoms with E-state index >= 15 is 0 Å². The minimum absolute atomic E-state index is 0.190. The van der Waals surface area contributed by atoms with E-state index in [0.717, 1.165) is 19.3 Å². The minimum atomic E-state index is -1.03. The van der Waals surface area contributed by atoms with Crippen molar-refractivity contribution in [2.45, 2.75) is 31.7 Å². The van der Waals surface area contributed by atoms with Crippen molar-refractivity contribution < 1.29 is 9.59 Å². The number of aryl methyl sites for hydroxylation is 1. The molecule has 0 bridgehead atoms. The first-order chi connectivity index (χ1) is 12.1. The van der Waals surface area contributed by atoms with Crippen molar-refractivity contribution in [1.29, 1.82) is 0 Å². The van der Waals surface area contributed by atoms with E-state index in [2.05, 4.69) is 34.6 Å². The third-order valence-corrected chi connectivity index (χ3v) is 5.40. The molecule has 1 saturated heterocycles. The first-order valence-corrected chi connectivity index (χ1v) is 8.69. The number of nitrogens with zero attached hydrogens (tertiary/aromatic N) is 2. The predicted molar refractivity (Wildman–Crippen MR) is 93.8 cm³/mol. The van der Waals surface area contributed by atoms with Gasteiger partial charge in [0.2, 0.25) is 0 Å². The number of carbonyl (C=O) groups is 2. The van der Waals surface area contributed by atoms with Crippen molar-refractivity contribution in [3.63, 3.8) is 0 Å². The molecule has 1 aliphatic carbocycles. The molecule has 0 radical (unpaired) electrons. The molecule has 2 heterocycles.